The van der Waals surface area contributed by atoms with Crippen LogP contribution in [-0.4, -0.2) is 12.1 Å². The average molecular weight is 175 g/mol. The van der Waals surface area contributed by atoms with E-state index in [2.05, 4.69) is 11.1 Å². The lowest BCUT2D eigenvalue weighted by atomic mass is 10.0. The summed E-state index contributed by atoms with van der Waals surface area (Å²) in [6.45, 7) is 0. The van der Waals surface area contributed by atoms with Crippen LogP contribution in [0.5, 0.6) is 5.75 Å². The third-order valence-electron chi connectivity index (χ3n) is 2.51. The molecule has 0 saturated heterocycles. The van der Waals surface area contributed by atoms with Crippen LogP contribution in [0.25, 0.3) is 0 Å². The van der Waals surface area contributed by atoms with Crippen molar-refractivity contribution in [2.75, 3.05) is 7.11 Å². The second-order valence-electron chi connectivity index (χ2n) is 3.17. The fourth-order valence-electron chi connectivity index (χ4n) is 1.93. The lowest BCUT2D eigenvalue weighted by Crippen LogP contribution is -1.99. The molecule has 0 spiro atoms. The number of fused-ring (bicyclic) bond motifs is 5. The third-order valence-corrected chi connectivity index (χ3v) is 2.51. The molecule has 0 N–H and O–H groups in total. The van der Waals surface area contributed by atoms with Gasteiger partial charge >= 0.3 is 0 Å². The van der Waals surface area contributed by atoms with Crippen LogP contribution < -0.4 is 4.74 Å². The van der Waals surface area contributed by atoms with Gasteiger partial charge < -0.3 is 9.47 Å². The molecule has 3 nitrogen and oxygen atoms in total. The summed E-state index contributed by atoms with van der Waals surface area (Å²) < 4.78 is 10.9. The minimum absolute atomic E-state index is 0.0510. The van der Waals surface area contributed by atoms with Gasteiger partial charge in [-0.2, -0.15) is 0 Å². The molecule has 13 heavy (non-hydrogen) atoms. The Hall–Kier alpha value is -1.35. The van der Waals surface area contributed by atoms with Crippen molar-refractivity contribution < 1.29 is 9.47 Å². The van der Waals surface area contributed by atoms with Crippen molar-refractivity contribution in [1.82, 2.24) is 4.98 Å². The first kappa shape index (κ1) is 7.09. The number of hydrogen-bond acceptors (Lipinski definition) is 3. The monoisotopic (exact) mass is 175 g/mol. The van der Waals surface area contributed by atoms with Crippen LogP contribution in [0.2, 0.25) is 0 Å². The second-order valence-corrected chi connectivity index (χ2v) is 3.17. The zero-order valence-electron chi connectivity index (χ0n) is 7.23. The summed E-state index contributed by atoms with van der Waals surface area (Å²) in [7, 11) is 1.67. The maximum absolute atomic E-state index is 5.63. The summed E-state index contributed by atoms with van der Waals surface area (Å²) in [5.74, 6) is 0.877. The highest BCUT2D eigenvalue weighted by Gasteiger charge is 2.37. The topological polar surface area (TPSA) is 31.4 Å². The predicted molar refractivity (Wildman–Crippen MR) is 46.5 cm³/mol. The van der Waals surface area contributed by atoms with E-state index in [1.54, 1.807) is 13.3 Å². The Morgan fingerprint density at radius 3 is 3.08 bits per heavy atom. The molecule has 2 atom stereocenters. The van der Waals surface area contributed by atoms with Gasteiger partial charge in [-0.25, -0.2) is 0 Å². The molecule has 2 bridgehead atoms. The van der Waals surface area contributed by atoms with Gasteiger partial charge in [-0.15, -0.1) is 0 Å². The van der Waals surface area contributed by atoms with Crippen LogP contribution in [0.1, 0.15) is 23.5 Å². The van der Waals surface area contributed by atoms with Gasteiger partial charge in [-0.3, -0.25) is 4.98 Å². The Kier molecular flexibility index (Phi) is 1.27. The van der Waals surface area contributed by atoms with Crippen molar-refractivity contribution in [2.45, 2.75) is 12.2 Å². The van der Waals surface area contributed by atoms with E-state index in [1.165, 1.54) is 0 Å². The highest BCUT2D eigenvalue weighted by molar-refractivity contribution is 5.47. The fourth-order valence-corrected chi connectivity index (χ4v) is 1.93. The second kappa shape index (κ2) is 2.33. The molecule has 0 amide bonds. The lowest BCUT2D eigenvalue weighted by Gasteiger charge is -2.10. The number of aromatic nitrogens is 1. The maximum atomic E-state index is 5.63. The van der Waals surface area contributed by atoms with Gasteiger partial charge in [0.1, 0.15) is 18.0 Å². The van der Waals surface area contributed by atoms with Crippen LogP contribution >= 0.6 is 0 Å². The number of pyridine rings is 1. The summed E-state index contributed by atoms with van der Waals surface area (Å²) in [4.78, 5) is 4.29. The normalized spacial score (nSPS) is 27.8. The number of rotatable bonds is 1. The zero-order valence-corrected chi connectivity index (χ0v) is 7.23. The SMILES string of the molecule is COc1ccnc2c1[C@@H]1C=C[C@H]2O1. The van der Waals surface area contributed by atoms with E-state index in [9.17, 15) is 0 Å². The van der Waals surface area contributed by atoms with Gasteiger partial charge in [-0.05, 0) is 6.07 Å². The summed E-state index contributed by atoms with van der Waals surface area (Å²) in [6.07, 6.45) is 5.96. The van der Waals surface area contributed by atoms with Crippen molar-refractivity contribution in [2.24, 2.45) is 0 Å². The summed E-state index contributed by atoms with van der Waals surface area (Å²) in [5.41, 5.74) is 2.10. The van der Waals surface area contributed by atoms with Crippen molar-refractivity contribution in [1.29, 1.82) is 0 Å². The average Bonchev–Trinajstić information content (AvgIpc) is 2.77. The first-order valence-electron chi connectivity index (χ1n) is 4.26. The molecule has 0 aliphatic carbocycles. The van der Waals surface area contributed by atoms with E-state index < -0.39 is 0 Å². The zero-order chi connectivity index (χ0) is 8.84. The van der Waals surface area contributed by atoms with Crippen LogP contribution in [0.4, 0.5) is 0 Å². The van der Waals surface area contributed by atoms with Crippen molar-refractivity contribution in [3.63, 3.8) is 0 Å². The molecule has 0 unspecified atom stereocenters. The van der Waals surface area contributed by atoms with Gasteiger partial charge in [-0.1, -0.05) is 12.2 Å². The van der Waals surface area contributed by atoms with E-state index in [1.807, 2.05) is 12.1 Å². The van der Waals surface area contributed by atoms with Crippen LogP contribution in [-0.2, 0) is 4.74 Å². The molecular formula is C10H9NO2. The molecule has 3 rings (SSSR count). The predicted octanol–water partition coefficient (Wildman–Crippen LogP) is 1.77. The molecule has 0 radical (unpaired) electrons. The van der Waals surface area contributed by atoms with Crippen molar-refractivity contribution in [3.05, 3.63) is 35.7 Å². The Morgan fingerprint density at radius 1 is 1.38 bits per heavy atom. The molecule has 2 aliphatic rings. The van der Waals surface area contributed by atoms with Gasteiger partial charge in [0.05, 0.1) is 18.4 Å². The molecule has 0 saturated carbocycles. The lowest BCUT2D eigenvalue weighted by molar-refractivity contribution is 0.0857. The molecule has 66 valence electrons. The van der Waals surface area contributed by atoms with E-state index in [0.717, 1.165) is 17.0 Å². The summed E-state index contributed by atoms with van der Waals surface area (Å²) >= 11 is 0. The minimum atomic E-state index is 0.0510. The Labute approximate surface area is 76.0 Å². The standard InChI is InChI=1S/C10H9NO2/c1-12-6-4-5-11-10-8-3-2-7(13-8)9(6)10/h2-5,7-8H,1H3/t7-,8+/m0/s1. The molecule has 2 aliphatic heterocycles. The highest BCUT2D eigenvalue weighted by atomic mass is 16.5. The van der Waals surface area contributed by atoms with Gasteiger partial charge in [0.15, 0.2) is 0 Å². The number of nitrogens with zero attached hydrogens (tertiary/aromatic N) is 1. The minimum Gasteiger partial charge on any atom is -0.496 e. The third kappa shape index (κ3) is 0.795. The largest absolute Gasteiger partial charge is 0.496 e. The van der Waals surface area contributed by atoms with E-state index in [-0.39, 0.29) is 12.2 Å². The molecular weight excluding hydrogens is 166 g/mol. The number of ether oxygens (including phenoxy) is 2. The molecule has 0 aromatic carbocycles. The van der Waals surface area contributed by atoms with Crippen LogP contribution in [0, 0.1) is 0 Å². The molecule has 3 heterocycles. The van der Waals surface area contributed by atoms with E-state index >= 15 is 0 Å². The van der Waals surface area contributed by atoms with Crippen molar-refractivity contribution >= 4 is 0 Å². The quantitative estimate of drug-likeness (QED) is 0.609. The number of hydrogen-bond donors (Lipinski definition) is 0. The van der Waals surface area contributed by atoms with Gasteiger partial charge in [0.25, 0.3) is 0 Å². The van der Waals surface area contributed by atoms with Crippen LogP contribution in [0.15, 0.2) is 24.4 Å². The van der Waals surface area contributed by atoms with Crippen molar-refractivity contribution in [3.8, 4) is 5.75 Å². The summed E-state index contributed by atoms with van der Waals surface area (Å²) in [6, 6.07) is 1.87. The maximum Gasteiger partial charge on any atom is 0.128 e. The molecule has 0 fully saturated rings. The van der Waals surface area contributed by atoms with Gasteiger partial charge in [0, 0.05) is 6.20 Å². The molecule has 1 aromatic rings. The Morgan fingerprint density at radius 2 is 2.23 bits per heavy atom. The number of methoxy groups -OCH3 is 1. The Balaban J connectivity index is 2.23. The smallest absolute Gasteiger partial charge is 0.128 e. The fraction of sp³-hybridized carbons (Fsp3) is 0.300. The molecule has 1 aromatic heterocycles. The summed E-state index contributed by atoms with van der Waals surface area (Å²) in [5, 5.41) is 0. The first-order valence-corrected chi connectivity index (χ1v) is 4.26. The van der Waals surface area contributed by atoms with Crippen LogP contribution in [0.3, 0.4) is 0 Å². The van der Waals surface area contributed by atoms with Gasteiger partial charge in [0.2, 0.25) is 0 Å². The highest BCUT2D eigenvalue weighted by Crippen LogP contribution is 2.48. The van der Waals surface area contributed by atoms with E-state index in [0.29, 0.717) is 0 Å². The molecule has 3 heteroatoms. The van der Waals surface area contributed by atoms with E-state index in [4.69, 9.17) is 9.47 Å². The first-order chi connectivity index (χ1) is 6.40. The Bertz CT molecular complexity index is 387.